The molecule has 6 nitrogen and oxygen atoms in total. The van der Waals surface area contributed by atoms with E-state index in [0.717, 1.165) is 5.56 Å². The summed E-state index contributed by atoms with van der Waals surface area (Å²) in [6, 6.07) is 13.6. The van der Waals surface area contributed by atoms with E-state index in [1.165, 1.54) is 13.0 Å². The summed E-state index contributed by atoms with van der Waals surface area (Å²) in [5.41, 5.74) is 2.40. The van der Waals surface area contributed by atoms with Crippen molar-refractivity contribution in [2.75, 3.05) is 17.2 Å². The van der Waals surface area contributed by atoms with Crippen molar-refractivity contribution in [1.82, 2.24) is 0 Å². The van der Waals surface area contributed by atoms with Gasteiger partial charge in [0.15, 0.2) is 6.61 Å². The number of hydrogen-bond donors (Lipinski definition) is 2. The van der Waals surface area contributed by atoms with Crippen molar-refractivity contribution in [3.63, 3.8) is 0 Å². The number of anilines is 2. The molecule has 0 aromatic heterocycles. The lowest BCUT2D eigenvalue weighted by molar-refractivity contribution is -0.119. The van der Waals surface area contributed by atoms with Gasteiger partial charge in [-0.15, -0.1) is 0 Å². The number of ether oxygens (including phenoxy) is 1. The molecule has 0 atom stereocenters. The Kier molecular flexibility index (Phi) is 5.68. The molecular weight excluding hydrogens is 308 g/mol. The van der Waals surface area contributed by atoms with Crippen LogP contribution in [0, 0.1) is 6.92 Å². The fourth-order valence-electron chi connectivity index (χ4n) is 2.06. The third-order valence-corrected chi connectivity index (χ3v) is 3.05. The van der Waals surface area contributed by atoms with Crippen molar-refractivity contribution in [2.24, 2.45) is 0 Å². The van der Waals surface area contributed by atoms with Crippen LogP contribution in [0.1, 0.15) is 22.8 Å². The molecule has 2 N–H and O–H groups in total. The van der Waals surface area contributed by atoms with E-state index in [9.17, 15) is 14.4 Å². The number of benzene rings is 2. The van der Waals surface area contributed by atoms with Crippen LogP contribution in [0.25, 0.3) is 0 Å². The van der Waals surface area contributed by atoms with Crippen LogP contribution in [-0.2, 0) is 14.3 Å². The number of hydrogen-bond acceptors (Lipinski definition) is 4. The van der Waals surface area contributed by atoms with Gasteiger partial charge in [-0.3, -0.25) is 9.59 Å². The fraction of sp³-hybridized carbons (Fsp3) is 0.167. The van der Waals surface area contributed by atoms with Gasteiger partial charge in [-0.2, -0.15) is 0 Å². The molecule has 0 bridgehead atoms. The van der Waals surface area contributed by atoms with Crippen LogP contribution in [0.15, 0.2) is 48.5 Å². The Labute approximate surface area is 139 Å². The van der Waals surface area contributed by atoms with Gasteiger partial charge >= 0.3 is 5.97 Å². The summed E-state index contributed by atoms with van der Waals surface area (Å²) in [6.07, 6.45) is 0. The van der Waals surface area contributed by atoms with Crippen molar-refractivity contribution in [3.05, 3.63) is 59.7 Å². The summed E-state index contributed by atoms with van der Waals surface area (Å²) in [7, 11) is 0. The third-order valence-electron chi connectivity index (χ3n) is 3.05. The van der Waals surface area contributed by atoms with Crippen molar-refractivity contribution >= 4 is 29.2 Å². The zero-order chi connectivity index (χ0) is 17.5. The molecule has 0 radical (unpaired) electrons. The van der Waals surface area contributed by atoms with Crippen LogP contribution in [0.2, 0.25) is 0 Å². The van der Waals surface area contributed by atoms with Crippen LogP contribution < -0.4 is 10.6 Å². The Morgan fingerprint density at radius 3 is 2.29 bits per heavy atom. The van der Waals surface area contributed by atoms with E-state index in [2.05, 4.69) is 10.6 Å². The average molecular weight is 326 g/mol. The van der Waals surface area contributed by atoms with Crippen molar-refractivity contribution in [1.29, 1.82) is 0 Å². The van der Waals surface area contributed by atoms with Crippen LogP contribution in [0.4, 0.5) is 11.4 Å². The molecule has 0 fully saturated rings. The molecule has 0 aliphatic carbocycles. The molecule has 2 rings (SSSR count). The number of aryl methyl sites for hydroxylation is 1. The molecule has 0 aliphatic rings. The summed E-state index contributed by atoms with van der Waals surface area (Å²) >= 11 is 0. The number of nitrogens with one attached hydrogen (secondary N) is 2. The molecule has 0 saturated carbocycles. The molecule has 0 spiro atoms. The number of carbonyl (C=O) groups is 3. The van der Waals surface area contributed by atoms with Gasteiger partial charge in [-0.25, -0.2) is 4.79 Å². The normalized spacial score (nSPS) is 9.92. The lowest BCUT2D eigenvalue weighted by Crippen LogP contribution is -2.21. The van der Waals surface area contributed by atoms with Crippen LogP contribution >= 0.6 is 0 Å². The Morgan fingerprint density at radius 1 is 0.958 bits per heavy atom. The first-order valence-electron chi connectivity index (χ1n) is 7.35. The van der Waals surface area contributed by atoms with Gasteiger partial charge in [-0.05, 0) is 42.8 Å². The molecule has 0 saturated heterocycles. The molecule has 0 unspecified atom stereocenters. The average Bonchev–Trinajstić information content (AvgIpc) is 2.52. The molecule has 0 heterocycles. The van der Waals surface area contributed by atoms with Crippen molar-refractivity contribution in [3.8, 4) is 0 Å². The monoisotopic (exact) mass is 326 g/mol. The Bertz CT molecular complexity index is 771. The molecule has 6 heteroatoms. The highest BCUT2D eigenvalue weighted by Gasteiger charge is 2.11. The largest absolute Gasteiger partial charge is 0.452 e. The minimum absolute atomic E-state index is 0.238. The number of amides is 2. The Hall–Kier alpha value is -3.15. The zero-order valence-electron chi connectivity index (χ0n) is 13.5. The summed E-state index contributed by atoms with van der Waals surface area (Å²) < 4.78 is 4.99. The molecule has 124 valence electrons. The lowest BCUT2D eigenvalue weighted by atomic mass is 10.2. The number of rotatable bonds is 5. The second-order valence-corrected chi connectivity index (χ2v) is 5.26. The van der Waals surface area contributed by atoms with Gasteiger partial charge < -0.3 is 15.4 Å². The highest BCUT2D eigenvalue weighted by Crippen LogP contribution is 2.12. The minimum Gasteiger partial charge on any atom is -0.452 e. The van der Waals surface area contributed by atoms with E-state index < -0.39 is 18.5 Å². The van der Waals surface area contributed by atoms with Crippen molar-refractivity contribution < 1.29 is 19.1 Å². The quantitative estimate of drug-likeness (QED) is 0.828. The maximum absolute atomic E-state index is 12.0. The topological polar surface area (TPSA) is 84.5 Å². The van der Waals surface area contributed by atoms with Crippen LogP contribution in [-0.4, -0.2) is 24.4 Å². The Balaban J connectivity index is 1.90. The Morgan fingerprint density at radius 2 is 1.62 bits per heavy atom. The van der Waals surface area contributed by atoms with Gasteiger partial charge in [0.1, 0.15) is 0 Å². The minimum atomic E-state index is -0.637. The predicted octanol–water partition coefficient (Wildman–Crippen LogP) is 2.75. The van der Waals surface area contributed by atoms with Gasteiger partial charge in [0.25, 0.3) is 5.91 Å². The van der Waals surface area contributed by atoms with Gasteiger partial charge in [0.05, 0.1) is 5.56 Å². The molecular formula is C18H18N2O4. The molecule has 2 aromatic rings. The first kappa shape index (κ1) is 17.2. The first-order valence-corrected chi connectivity index (χ1v) is 7.35. The van der Waals surface area contributed by atoms with Crippen LogP contribution in [0.3, 0.4) is 0 Å². The van der Waals surface area contributed by atoms with E-state index in [1.54, 1.807) is 24.3 Å². The van der Waals surface area contributed by atoms with Gasteiger partial charge in [-0.1, -0.05) is 18.2 Å². The van der Waals surface area contributed by atoms with E-state index in [0.29, 0.717) is 11.4 Å². The van der Waals surface area contributed by atoms with E-state index >= 15 is 0 Å². The van der Waals surface area contributed by atoms with Crippen LogP contribution in [0.5, 0.6) is 0 Å². The molecule has 0 aliphatic heterocycles. The molecule has 2 aromatic carbocycles. The second-order valence-electron chi connectivity index (χ2n) is 5.26. The summed E-state index contributed by atoms with van der Waals surface area (Å²) in [5, 5.41) is 5.23. The van der Waals surface area contributed by atoms with Gasteiger partial charge in [0, 0.05) is 18.3 Å². The maximum atomic E-state index is 12.0. The van der Waals surface area contributed by atoms with E-state index in [4.69, 9.17) is 4.74 Å². The van der Waals surface area contributed by atoms with E-state index in [1.807, 2.05) is 25.1 Å². The fourth-order valence-corrected chi connectivity index (χ4v) is 2.06. The third kappa shape index (κ3) is 5.24. The molecule has 2 amide bonds. The summed E-state index contributed by atoms with van der Waals surface area (Å²) in [5.74, 6) is -1.30. The summed E-state index contributed by atoms with van der Waals surface area (Å²) in [4.78, 5) is 34.8. The lowest BCUT2D eigenvalue weighted by Gasteiger charge is -2.08. The van der Waals surface area contributed by atoms with Crippen molar-refractivity contribution in [2.45, 2.75) is 13.8 Å². The zero-order valence-corrected chi connectivity index (χ0v) is 13.5. The molecule has 24 heavy (non-hydrogen) atoms. The highest BCUT2D eigenvalue weighted by molar-refractivity contribution is 5.96. The highest BCUT2D eigenvalue weighted by atomic mass is 16.5. The predicted molar refractivity (Wildman–Crippen MR) is 90.8 cm³/mol. The standard InChI is InChI=1S/C18H18N2O4/c1-12-5-3-7-15(9-12)20-17(22)11-24-18(23)14-6-4-8-16(10-14)19-13(2)21/h3-10H,11H2,1-2H3,(H,19,21)(H,20,22). The SMILES string of the molecule is CC(=O)Nc1cccc(C(=O)OCC(=O)Nc2cccc(C)c2)c1. The smallest absolute Gasteiger partial charge is 0.338 e. The second kappa shape index (κ2) is 7.92. The number of esters is 1. The number of carbonyl (C=O) groups excluding carboxylic acids is 3. The van der Waals surface area contributed by atoms with E-state index in [-0.39, 0.29) is 11.5 Å². The first-order chi connectivity index (χ1) is 11.4. The van der Waals surface area contributed by atoms with Gasteiger partial charge in [0.2, 0.25) is 5.91 Å². The maximum Gasteiger partial charge on any atom is 0.338 e. The summed E-state index contributed by atoms with van der Waals surface area (Å²) in [6.45, 7) is 2.90.